The van der Waals surface area contributed by atoms with E-state index in [0.717, 1.165) is 31.9 Å². The summed E-state index contributed by atoms with van der Waals surface area (Å²) in [4.78, 5) is 30.8. The van der Waals surface area contributed by atoms with Crippen LogP contribution in [-0.2, 0) is 4.79 Å². The molecule has 0 radical (unpaired) electrons. The van der Waals surface area contributed by atoms with E-state index in [-0.39, 0.29) is 17.5 Å². The molecule has 3 rings (SSSR count). The van der Waals surface area contributed by atoms with E-state index < -0.39 is 5.97 Å². The minimum atomic E-state index is -1.10. The van der Waals surface area contributed by atoms with Crippen molar-refractivity contribution in [1.82, 2.24) is 9.88 Å². The lowest BCUT2D eigenvalue weighted by atomic mass is 10.1. The summed E-state index contributed by atoms with van der Waals surface area (Å²) >= 11 is 0. The molecular formula is C14H19N3O4. The van der Waals surface area contributed by atoms with E-state index in [1.165, 1.54) is 0 Å². The first kappa shape index (κ1) is 13.9. The van der Waals surface area contributed by atoms with Gasteiger partial charge in [0.25, 0.3) is 6.01 Å². The quantitative estimate of drug-likeness (QED) is 0.901. The molecule has 1 saturated heterocycles. The van der Waals surface area contributed by atoms with Gasteiger partial charge in [-0.1, -0.05) is 12.8 Å². The van der Waals surface area contributed by atoms with Crippen LogP contribution in [0.5, 0.6) is 0 Å². The Labute approximate surface area is 122 Å². The van der Waals surface area contributed by atoms with E-state index in [9.17, 15) is 9.59 Å². The lowest BCUT2D eigenvalue weighted by Crippen LogP contribution is -2.50. The highest BCUT2D eigenvalue weighted by Crippen LogP contribution is 2.27. The monoisotopic (exact) mass is 293 g/mol. The fraction of sp³-hybridized carbons (Fsp3) is 0.643. The summed E-state index contributed by atoms with van der Waals surface area (Å²) in [5, 5.41) is 8.84. The molecule has 1 aromatic rings. The van der Waals surface area contributed by atoms with Crippen LogP contribution in [0, 0.1) is 5.92 Å². The van der Waals surface area contributed by atoms with Crippen molar-refractivity contribution in [2.75, 3.05) is 31.1 Å². The third-order valence-electron chi connectivity index (χ3n) is 4.28. The first-order chi connectivity index (χ1) is 10.1. The molecule has 0 aromatic carbocycles. The Bertz CT molecular complexity index is 528. The number of rotatable bonds is 3. The summed E-state index contributed by atoms with van der Waals surface area (Å²) in [6.45, 7) is 2.52. The van der Waals surface area contributed by atoms with Gasteiger partial charge in [-0.2, -0.15) is 4.98 Å². The minimum absolute atomic E-state index is 0.0885. The zero-order chi connectivity index (χ0) is 14.8. The van der Waals surface area contributed by atoms with Crippen LogP contribution in [0.4, 0.5) is 6.01 Å². The second-order valence-corrected chi connectivity index (χ2v) is 5.61. The second-order valence-electron chi connectivity index (χ2n) is 5.61. The molecule has 0 atom stereocenters. The first-order valence-corrected chi connectivity index (χ1v) is 7.37. The molecule has 0 unspecified atom stereocenters. The summed E-state index contributed by atoms with van der Waals surface area (Å²) in [5.74, 6) is -0.622. The number of amides is 1. The average molecular weight is 293 g/mol. The Kier molecular flexibility index (Phi) is 3.81. The zero-order valence-corrected chi connectivity index (χ0v) is 11.8. The lowest BCUT2D eigenvalue weighted by Gasteiger charge is -2.35. The number of carbonyl (C=O) groups excluding carboxylic acids is 1. The topological polar surface area (TPSA) is 86.9 Å². The average Bonchev–Trinajstić information content (AvgIpc) is 3.18. The molecule has 1 N–H and O–H groups in total. The van der Waals surface area contributed by atoms with Crippen LogP contribution in [0.25, 0.3) is 0 Å². The number of carboxylic acid groups (broad SMARTS) is 1. The van der Waals surface area contributed by atoms with Crippen LogP contribution >= 0.6 is 0 Å². The molecule has 1 aliphatic carbocycles. The van der Waals surface area contributed by atoms with Crippen molar-refractivity contribution in [1.29, 1.82) is 0 Å². The van der Waals surface area contributed by atoms with Crippen molar-refractivity contribution < 1.29 is 19.1 Å². The van der Waals surface area contributed by atoms with Crippen molar-refractivity contribution in [2.45, 2.75) is 25.7 Å². The zero-order valence-electron chi connectivity index (χ0n) is 11.8. The first-order valence-electron chi connectivity index (χ1n) is 7.37. The number of oxazole rings is 1. The summed E-state index contributed by atoms with van der Waals surface area (Å²) < 4.78 is 5.19. The van der Waals surface area contributed by atoms with Crippen LogP contribution in [0.1, 0.15) is 36.2 Å². The van der Waals surface area contributed by atoms with Crippen molar-refractivity contribution >= 4 is 17.9 Å². The molecule has 1 aliphatic heterocycles. The van der Waals surface area contributed by atoms with E-state index in [1.54, 1.807) is 0 Å². The maximum Gasteiger partial charge on any atom is 0.357 e. The summed E-state index contributed by atoms with van der Waals surface area (Å²) in [6.07, 6.45) is 5.49. The number of piperazine rings is 1. The van der Waals surface area contributed by atoms with Gasteiger partial charge in [-0.25, -0.2) is 4.79 Å². The van der Waals surface area contributed by atoms with E-state index in [4.69, 9.17) is 9.52 Å². The Morgan fingerprint density at radius 3 is 2.43 bits per heavy atom. The van der Waals surface area contributed by atoms with Gasteiger partial charge in [-0.05, 0) is 12.8 Å². The number of carboxylic acids is 1. The third kappa shape index (κ3) is 2.86. The molecule has 1 amide bonds. The molecule has 1 saturated carbocycles. The van der Waals surface area contributed by atoms with Gasteiger partial charge in [-0.15, -0.1) is 0 Å². The second kappa shape index (κ2) is 5.75. The van der Waals surface area contributed by atoms with Crippen molar-refractivity contribution in [3.05, 3.63) is 12.0 Å². The third-order valence-corrected chi connectivity index (χ3v) is 4.28. The molecule has 7 nitrogen and oxygen atoms in total. The Balaban J connectivity index is 1.56. The van der Waals surface area contributed by atoms with Gasteiger partial charge >= 0.3 is 5.97 Å². The van der Waals surface area contributed by atoms with Gasteiger partial charge < -0.3 is 19.3 Å². The standard InChI is InChI=1S/C14H19N3O4/c18-12(10-3-1-2-4-10)16-5-7-17(8-6-16)14-15-11(9-21-14)13(19)20/h9-10H,1-8H2,(H,19,20). The number of hydrogen-bond donors (Lipinski definition) is 1. The molecule has 2 heterocycles. The molecule has 0 spiro atoms. The molecular weight excluding hydrogens is 274 g/mol. The van der Waals surface area contributed by atoms with Crippen LogP contribution in [0.3, 0.4) is 0 Å². The maximum atomic E-state index is 12.3. The fourth-order valence-electron chi connectivity index (χ4n) is 3.06. The highest BCUT2D eigenvalue weighted by Gasteiger charge is 2.30. The summed E-state index contributed by atoms with van der Waals surface area (Å²) in [6, 6.07) is 0.320. The van der Waals surface area contributed by atoms with Gasteiger partial charge in [0, 0.05) is 32.1 Å². The van der Waals surface area contributed by atoms with E-state index in [0.29, 0.717) is 32.2 Å². The fourth-order valence-corrected chi connectivity index (χ4v) is 3.06. The normalized spacial score (nSPS) is 20.0. The van der Waals surface area contributed by atoms with Gasteiger partial charge in [0.15, 0.2) is 5.69 Å². The number of aromatic nitrogens is 1. The smallest absolute Gasteiger partial charge is 0.357 e. The van der Waals surface area contributed by atoms with Gasteiger partial charge in [-0.3, -0.25) is 4.79 Å². The van der Waals surface area contributed by atoms with Crippen LogP contribution in [0.15, 0.2) is 10.7 Å². The highest BCUT2D eigenvalue weighted by atomic mass is 16.4. The molecule has 2 fully saturated rings. The largest absolute Gasteiger partial charge is 0.476 e. The number of nitrogens with zero attached hydrogens (tertiary/aromatic N) is 3. The molecule has 1 aromatic heterocycles. The van der Waals surface area contributed by atoms with Gasteiger partial charge in [0.1, 0.15) is 6.26 Å². The van der Waals surface area contributed by atoms with E-state index >= 15 is 0 Å². The SMILES string of the molecule is O=C(O)c1coc(N2CCN(C(=O)C3CCCC3)CC2)n1. The molecule has 7 heteroatoms. The van der Waals surface area contributed by atoms with E-state index in [2.05, 4.69) is 4.98 Å². The Morgan fingerprint density at radius 2 is 1.86 bits per heavy atom. The molecule has 114 valence electrons. The van der Waals surface area contributed by atoms with Gasteiger partial charge in [0.05, 0.1) is 0 Å². The van der Waals surface area contributed by atoms with E-state index in [1.807, 2.05) is 9.80 Å². The Morgan fingerprint density at radius 1 is 1.19 bits per heavy atom. The Hall–Kier alpha value is -2.05. The van der Waals surface area contributed by atoms with Crippen molar-refractivity contribution in [3.8, 4) is 0 Å². The number of hydrogen-bond acceptors (Lipinski definition) is 5. The number of carbonyl (C=O) groups is 2. The van der Waals surface area contributed by atoms with Crippen LogP contribution in [-0.4, -0.2) is 53.0 Å². The minimum Gasteiger partial charge on any atom is -0.476 e. The summed E-state index contributed by atoms with van der Waals surface area (Å²) in [5.41, 5.74) is -0.0885. The van der Waals surface area contributed by atoms with Gasteiger partial charge in [0.2, 0.25) is 5.91 Å². The van der Waals surface area contributed by atoms with Crippen molar-refractivity contribution in [3.63, 3.8) is 0 Å². The van der Waals surface area contributed by atoms with Crippen molar-refractivity contribution in [2.24, 2.45) is 5.92 Å². The predicted molar refractivity (Wildman–Crippen MR) is 74.2 cm³/mol. The lowest BCUT2D eigenvalue weighted by molar-refractivity contribution is -0.135. The van der Waals surface area contributed by atoms with Crippen LogP contribution < -0.4 is 4.90 Å². The summed E-state index contributed by atoms with van der Waals surface area (Å²) in [7, 11) is 0. The predicted octanol–water partition coefficient (Wildman–Crippen LogP) is 1.21. The number of aromatic carboxylic acids is 1. The molecule has 0 bridgehead atoms. The van der Waals surface area contributed by atoms with Crippen LogP contribution in [0.2, 0.25) is 0 Å². The molecule has 2 aliphatic rings. The molecule has 21 heavy (non-hydrogen) atoms. The highest BCUT2D eigenvalue weighted by molar-refractivity contribution is 5.85. The number of anilines is 1. The maximum absolute atomic E-state index is 12.3.